The molecule has 1 aromatic heterocycles. The molecular weight excluding hydrogens is 377 g/mol. The van der Waals surface area contributed by atoms with E-state index < -0.39 is 0 Å². The topological polar surface area (TPSA) is 47.8 Å². The van der Waals surface area contributed by atoms with Crippen LogP contribution >= 0.6 is 35.0 Å². The number of aromatic nitrogens is 3. The van der Waals surface area contributed by atoms with Crippen LogP contribution in [0, 0.1) is 6.92 Å². The molecule has 0 aliphatic heterocycles. The summed E-state index contributed by atoms with van der Waals surface area (Å²) < 4.78 is 1.82. The van der Waals surface area contributed by atoms with E-state index in [-0.39, 0.29) is 11.0 Å². The Kier molecular flexibility index (Phi) is 5.47. The third-order valence-electron chi connectivity index (χ3n) is 3.73. The summed E-state index contributed by atoms with van der Waals surface area (Å²) in [7, 11) is 0. The van der Waals surface area contributed by atoms with E-state index in [4.69, 9.17) is 23.2 Å². The first-order valence-corrected chi connectivity index (χ1v) is 9.22. The van der Waals surface area contributed by atoms with Crippen molar-refractivity contribution in [2.24, 2.45) is 0 Å². The molecular formula is C18H15Cl2N3OS. The Bertz CT molecular complexity index is 909. The van der Waals surface area contributed by atoms with Gasteiger partial charge in [0.1, 0.15) is 6.33 Å². The number of Topliss-reactive ketones (excluding diaryl/α,β-unsaturated/α-hetero) is 1. The maximum atomic E-state index is 12.6. The second kappa shape index (κ2) is 7.60. The third kappa shape index (κ3) is 4.06. The number of hydrogen-bond acceptors (Lipinski definition) is 4. The van der Waals surface area contributed by atoms with Crippen molar-refractivity contribution in [3.8, 4) is 5.69 Å². The fourth-order valence-electron chi connectivity index (χ4n) is 2.27. The van der Waals surface area contributed by atoms with E-state index in [2.05, 4.69) is 10.2 Å². The first kappa shape index (κ1) is 18.0. The van der Waals surface area contributed by atoms with Gasteiger partial charge in [0.2, 0.25) is 0 Å². The Labute approximate surface area is 160 Å². The Morgan fingerprint density at radius 3 is 2.56 bits per heavy atom. The van der Waals surface area contributed by atoms with E-state index in [1.54, 1.807) is 30.6 Å². The van der Waals surface area contributed by atoms with E-state index >= 15 is 0 Å². The van der Waals surface area contributed by atoms with Gasteiger partial charge in [-0.15, -0.1) is 10.2 Å². The number of benzene rings is 2. The molecule has 0 bridgehead atoms. The molecule has 3 rings (SSSR count). The second-order valence-corrected chi connectivity index (χ2v) is 7.70. The van der Waals surface area contributed by atoms with Crippen molar-refractivity contribution < 1.29 is 4.79 Å². The van der Waals surface area contributed by atoms with E-state index in [0.717, 1.165) is 11.3 Å². The van der Waals surface area contributed by atoms with Gasteiger partial charge in [-0.3, -0.25) is 9.36 Å². The molecule has 0 aliphatic carbocycles. The van der Waals surface area contributed by atoms with Crippen molar-refractivity contribution in [3.63, 3.8) is 0 Å². The minimum absolute atomic E-state index is 0.0122. The molecule has 0 aliphatic rings. The molecule has 3 aromatic rings. The van der Waals surface area contributed by atoms with Gasteiger partial charge in [-0.1, -0.05) is 41.0 Å². The number of ketones is 1. The van der Waals surface area contributed by atoms with Crippen molar-refractivity contribution in [1.82, 2.24) is 14.8 Å². The molecule has 1 unspecified atom stereocenters. The summed E-state index contributed by atoms with van der Waals surface area (Å²) >= 11 is 13.4. The Morgan fingerprint density at radius 1 is 1.16 bits per heavy atom. The third-order valence-corrected chi connectivity index (χ3v) is 5.45. The molecule has 0 spiro atoms. The highest BCUT2D eigenvalue weighted by molar-refractivity contribution is 8.00. The molecule has 1 atom stereocenters. The van der Waals surface area contributed by atoms with Crippen LogP contribution in [0.2, 0.25) is 10.0 Å². The zero-order valence-corrected chi connectivity index (χ0v) is 15.9. The van der Waals surface area contributed by atoms with Gasteiger partial charge in [0.05, 0.1) is 10.9 Å². The molecule has 0 N–H and O–H groups in total. The number of rotatable bonds is 5. The van der Waals surface area contributed by atoms with Gasteiger partial charge in [-0.2, -0.15) is 0 Å². The monoisotopic (exact) mass is 391 g/mol. The number of aryl methyl sites for hydroxylation is 1. The summed E-state index contributed by atoms with van der Waals surface area (Å²) in [4.78, 5) is 12.6. The summed E-state index contributed by atoms with van der Waals surface area (Å²) in [5.41, 5.74) is 2.47. The van der Waals surface area contributed by atoms with Crippen LogP contribution in [0.3, 0.4) is 0 Å². The molecule has 1 heterocycles. The molecule has 0 amide bonds. The highest BCUT2D eigenvalue weighted by Gasteiger charge is 2.20. The number of halogens is 2. The lowest BCUT2D eigenvalue weighted by Crippen LogP contribution is -2.14. The van der Waals surface area contributed by atoms with Crippen LogP contribution in [0.25, 0.3) is 5.69 Å². The number of carbonyl (C=O) groups is 1. The first-order valence-electron chi connectivity index (χ1n) is 7.58. The van der Waals surface area contributed by atoms with E-state index in [1.165, 1.54) is 11.8 Å². The Balaban J connectivity index is 1.81. The van der Waals surface area contributed by atoms with E-state index in [9.17, 15) is 4.79 Å². The summed E-state index contributed by atoms with van der Waals surface area (Å²) in [6, 6.07) is 12.6. The minimum atomic E-state index is -0.315. The van der Waals surface area contributed by atoms with E-state index in [1.807, 2.05) is 36.6 Å². The number of thioether (sulfide) groups is 1. The summed E-state index contributed by atoms with van der Waals surface area (Å²) in [5.74, 6) is 0.0122. The number of carbonyl (C=O) groups excluding carboxylic acids is 1. The quantitative estimate of drug-likeness (QED) is 0.440. The highest BCUT2D eigenvalue weighted by Crippen LogP contribution is 2.28. The molecule has 4 nitrogen and oxygen atoms in total. The van der Waals surface area contributed by atoms with Gasteiger partial charge >= 0.3 is 0 Å². The predicted molar refractivity (Wildman–Crippen MR) is 102 cm³/mol. The Hall–Kier alpha value is -1.82. The molecule has 128 valence electrons. The van der Waals surface area contributed by atoms with Crippen molar-refractivity contribution in [1.29, 1.82) is 0 Å². The molecule has 0 radical (unpaired) electrons. The minimum Gasteiger partial charge on any atom is -0.293 e. The van der Waals surface area contributed by atoms with Gasteiger partial charge in [0, 0.05) is 15.6 Å². The highest BCUT2D eigenvalue weighted by atomic mass is 35.5. The van der Waals surface area contributed by atoms with Crippen molar-refractivity contribution >= 4 is 40.7 Å². The molecule has 0 saturated heterocycles. The van der Waals surface area contributed by atoms with Crippen LogP contribution in [0.1, 0.15) is 22.8 Å². The van der Waals surface area contributed by atoms with Crippen molar-refractivity contribution in [2.45, 2.75) is 24.3 Å². The zero-order valence-electron chi connectivity index (χ0n) is 13.6. The fourth-order valence-corrected chi connectivity index (χ4v) is 3.49. The predicted octanol–water partition coefficient (Wildman–Crippen LogP) is 5.25. The number of nitrogens with zero attached hydrogens (tertiary/aromatic N) is 3. The number of hydrogen-bond donors (Lipinski definition) is 0. The maximum absolute atomic E-state index is 12.6. The van der Waals surface area contributed by atoms with Crippen molar-refractivity contribution in [3.05, 3.63) is 70.0 Å². The summed E-state index contributed by atoms with van der Waals surface area (Å²) in [6.45, 7) is 3.80. The average Bonchev–Trinajstić information content (AvgIpc) is 3.05. The average molecular weight is 392 g/mol. The van der Waals surface area contributed by atoms with Crippen LogP contribution in [-0.4, -0.2) is 25.8 Å². The largest absolute Gasteiger partial charge is 0.293 e. The lowest BCUT2D eigenvalue weighted by atomic mass is 10.1. The van der Waals surface area contributed by atoms with Gasteiger partial charge in [0.15, 0.2) is 10.9 Å². The zero-order chi connectivity index (χ0) is 18.0. The standard InChI is InChI=1S/C18H15Cl2N3OS/c1-11-3-8-15(9-16(11)20)23-10-21-22-18(23)25-12(2)17(24)13-4-6-14(19)7-5-13/h3-10,12H,1-2H3. The van der Waals surface area contributed by atoms with Gasteiger partial charge < -0.3 is 0 Å². The maximum Gasteiger partial charge on any atom is 0.196 e. The SMILES string of the molecule is Cc1ccc(-n2cnnc2SC(C)C(=O)c2ccc(Cl)cc2)cc1Cl. The van der Waals surface area contributed by atoms with Crippen molar-refractivity contribution in [2.75, 3.05) is 0 Å². The first-order chi connectivity index (χ1) is 12.0. The van der Waals surface area contributed by atoms with Crippen LogP contribution < -0.4 is 0 Å². The lowest BCUT2D eigenvalue weighted by Gasteiger charge is -2.12. The smallest absolute Gasteiger partial charge is 0.196 e. The molecule has 7 heteroatoms. The molecule has 0 fully saturated rings. The Morgan fingerprint density at radius 2 is 1.88 bits per heavy atom. The fraction of sp³-hybridized carbons (Fsp3) is 0.167. The van der Waals surface area contributed by atoms with E-state index in [0.29, 0.717) is 20.8 Å². The van der Waals surface area contributed by atoms with Gasteiger partial charge in [-0.05, 0) is 55.8 Å². The molecule has 25 heavy (non-hydrogen) atoms. The molecule has 2 aromatic carbocycles. The lowest BCUT2D eigenvalue weighted by molar-refractivity contribution is 0.0994. The van der Waals surface area contributed by atoms with Gasteiger partial charge in [-0.25, -0.2) is 0 Å². The van der Waals surface area contributed by atoms with Gasteiger partial charge in [0.25, 0.3) is 0 Å². The van der Waals surface area contributed by atoms with Crippen LogP contribution in [-0.2, 0) is 0 Å². The normalized spacial score (nSPS) is 12.2. The summed E-state index contributed by atoms with van der Waals surface area (Å²) in [6.07, 6.45) is 1.61. The summed E-state index contributed by atoms with van der Waals surface area (Å²) in [5, 5.41) is 9.70. The van der Waals surface area contributed by atoms with Crippen LogP contribution in [0.4, 0.5) is 0 Å². The van der Waals surface area contributed by atoms with Crippen LogP contribution in [0.15, 0.2) is 53.9 Å². The molecule has 0 saturated carbocycles. The van der Waals surface area contributed by atoms with Crippen LogP contribution in [0.5, 0.6) is 0 Å². The second-order valence-electron chi connectivity index (χ2n) is 5.55.